The van der Waals surface area contributed by atoms with E-state index < -0.39 is 0 Å². The second-order valence-corrected chi connectivity index (χ2v) is 7.21. The molecule has 0 aliphatic heterocycles. The third-order valence-corrected chi connectivity index (χ3v) is 5.05. The summed E-state index contributed by atoms with van der Waals surface area (Å²) in [5.74, 6) is 0.745. The number of aryl methyl sites for hydroxylation is 2. The van der Waals surface area contributed by atoms with Gasteiger partial charge in [-0.1, -0.05) is 29.3 Å². The molecule has 24 heavy (non-hydrogen) atoms. The predicted octanol–water partition coefficient (Wildman–Crippen LogP) is 4.59. The van der Waals surface area contributed by atoms with Crippen LogP contribution in [0.4, 0.5) is 0 Å². The van der Waals surface area contributed by atoms with Gasteiger partial charge in [0.15, 0.2) is 5.96 Å². The molecule has 2 rings (SSSR count). The quantitative estimate of drug-likeness (QED) is 0.360. The summed E-state index contributed by atoms with van der Waals surface area (Å²) in [4.78, 5) is 9.97. The number of benzene rings is 1. The van der Waals surface area contributed by atoms with E-state index in [1.54, 1.807) is 24.5 Å². The largest absolute Gasteiger partial charge is 0.356 e. The smallest absolute Gasteiger partial charge is 0.191 e. The van der Waals surface area contributed by atoms with Crippen LogP contribution in [0.15, 0.2) is 23.2 Å². The highest BCUT2D eigenvalue weighted by Crippen LogP contribution is 2.20. The van der Waals surface area contributed by atoms with E-state index in [9.17, 15) is 0 Å². The molecule has 132 valence electrons. The molecule has 0 aliphatic rings. The summed E-state index contributed by atoms with van der Waals surface area (Å²) in [7, 11) is 1.75. The highest BCUT2D eigenvalue weighted by molar-refractivity contribution is 14.0. The number of halogens is 3. The number of aliphatic imine (C=N–C) groups is 1. The van der Waals surface area contributed by atoms with E-state index in [2.05, 4.69) is 27.5 Å². The third-order valence-electron chi connectivity index (χ3n) is 3.33. The van der Waals surface area contributed by atoms with Gasteiger partial charge in [-0.3, -0.25) is 4.99 Å². The lowest BCUT2D eigenvalue weighted by molar-refractivity contribution is 0.796. The Labute approximate surface area is 174 Å². The SMILES string of the molecule is CN=C(NCCc1sc(C)nc1C)NCc1ccc(Cl)cc1Cl.I. The fourth-order valence-corrected chi connectivity index (χ4v) is 3.58. The van der Waals surface area contributed by atoms with Gasteiger partial charge >= 0.3 is 0 Å². The molecule has 1 aromatic carbocycles. The molecule has 0 bridgehead atoms. The number of hydrogen-bond acceptors (Lipinski definition) is 3. The molecule has 0 spiro atoms. The monoisotopic (exact) mass is 498 g/mol. The molecule has 1 aromatic heterocycles. The van der Waals surface area contributed by atoms with Crippen LogP contribution >= 0.6 is 58.5 Å². The van der Waals surface area contributed by atoms with E-state index >= 15 is 0 Å². The van der Waals surface area contributed by atoms with Crippen LogP contribution in [0.5, 0.6) is 0 Å². The van der Waals surface area contributed by atoms with Crippen molar-refractivity contribution in [2.75, 3.05) is 13.6 Å². The number of guanidine groups is 1. The van der Waals surface area contributed by atoms with Gasteiger partial charge < -0.3 is 10.6 Å². The first-order valence-corrected chi connectivity index (χ1v) is 8.88. The first kappa shape index (κ1) is 21.5. The van der Waals surface area contributed by atoms with E-state index in [0.29, 0.717) is 16.6 Å². The minimum Gasteiger partial charge on any atom is -0.356 e. The van der Waals surface area contributed by atoms with E-state index in [1.165, 1.54) is 4.88 Å². The van der Waals surface area contributed by atoms with Crippen LogP contribution in [0.1, 0.15) is 21.1 Å². The minimum atomic E-state index is 0. The maximum atomic E-state index is 6.17. The fourth-order valence-electron chi connectivity index (χ4n) is 2.16. The maximum Gasteiger partial charge on any atom is 0.191 e. The van der Waals surface area contributed by atoms with Gasteiger partial charge in [0.05, 0.1) is 10.7 Å². The molecule has 8 heteroatoms. The standard InChI is InChI=1S/C16H20Cl2N4S.HI/c1-10-15(23-11(2)22-10)6-7-20-16(19-3)21-9-12-4-5-13(17)8-14(12)18;/h4-5,8H,6-7,9H2,1-3H3,(H2,19,20,21);1H. The zero-order valence-corrected chi connectivity index (χ0v) is 18.5. The van der Waals surface area contributed by atoms with E-state index in [-0.39, 0.29) is 24.0 Å². The highest BCUT2D eigenvalue weighted by atomic mass is 127. The summed E-state index contributed by atoms with van der Waals surface area (Å²) in [6, 6.07) is 5.48. The highest BCUT2D eigenvalue weighted by Gasteiger charge is 2.06. The summed E-state index contributed by atoms with van der Waals surface area (Å²) < 4.78 is 0. The zero-order valence-electron chi connectivity index (χ0n) is 13.8. The van der Waals surface area contributed by atoms with E-state index in [4.69, 9.17) is 23.2 Å². The Hall–Kier alpha value is -0.570. The molecule has 1 heterocycles. The van der Waals surface area contributed by atoms with Crippen LogP contribution in [-0.4, -0.2) is 24.5 Å². The molecule has 0 amide bonds. The lowest BCUT2D eigenvalue weighted by atomic mass is 10.2. The van der Waals surface area contributed by atoms with Gasteiger partial charge in [-0.15, -0.1) is 35.3 Å². The number of rotatable bonds is 5. The van der Waals surface area contributed by atoms with E-state index in [1.807, 2.05) is 19.1 Å². The average Bonchev–Trinajstić information content (AvgIpc) is 2.82. The summed E-state index contributed by atoms with van der Waals surface area (Å²) >= 11 is 13.8. The predicted molar refractivity (Wildman–Crippen MR) is 115 cm³/mol. The van der Waals surface area contributed by atoms with Gasteiger partial charge in [0.1, 0.15) is 0 Å². The van der Waals surface area contributed by atoms with Crippen LogP contribution in [-0.2, 0) is 13.0 Å². The molecule has 0 radical (unpaired) electrons. The first-order valence-electron chi connectivity index (χ1n) is 7.31. The zero-order chi connectivity index (χ0) is 16.8. The Kier molecular flexibility index (Phi) is 9.33. The van der Waals surface area contributed by atoms with Crippen molar-refractivity contribution >= 4 is 64.5 Å². The molecule has 0 unspecified atom stereocenters. The molecule has 0 atom stereocenters. The van der Waals surface area contributed by atoms with Crippen LogP contribution in [0.2, 0.25) is 10.0 Å². The molecular formula is C16H21Cl2IN4S. The van der Waals surface area contributed by atoms with Crippen molar-refractivity contribution in [2.24, 2.45) is 4.99 Å². The Morgan fingerprint density at radius 2 is 2.00 bits per heavy atom. The minimum absolute atomic E-state index is 0. The van der Waals surface area contributed by atoms with Crippen LogP contribution in [0.3, 0.4) is 0 Å². The lowest BCUT2D eigenvalue weighted by Gasteiger charge is -2.12. The normalized spacial score (nSPS) is 11.1. The Morgan fingerprint density at radius 1 is 1.25 bits per heavy atom. The van der Waals surface area contributed by atoms with Gasteiger partial charge in [-0.2, -0.15) is 0 Å². The molecule has 2 aromatic rings. The van der Waals surface area contributed by atoms with Gasteiger partial charge in [0, 0.05) is 41.5 Å². The molecule has 0 aliphatic carbocycles. The summed E-state index contributed by atoms with van der Waals surface area (Å²) in [5, 5.41) is 8.95. The third kappa shape index (κ3) is 6.38. The van der Waals surface area contributed by atoms with Gasteiger partial charge in [0.2, 0.25) is 0 Å². The molecule has 0 fully saturated rings. The Bertz CT molecular complexity index is 703. The van der Waals surface area contributed by atoms with Crippen molar-refractivity contribution < 1.29 is 0 Å². The molecule has 0 saturated heterocycles. The van der Waals surface area contributed by atoms with Crippen molar-refractivity contribution in [2.45, 2.75) is 26.8 Å². The van der Waals surface area contributed by atoms with Gasteiger partial charge in [-0.05, 0) is 31.5 Å². The second-order valence-electron chi connectivity index (χ2n) is 5.08. The lowest BCUT2D eigenvalue weighted by Crippen LogP contribution is -2.37. The summed E-state index contributed by atoms with van der Waals surface area (Å²) in [6.07, 6.45) is 0.930. The van der Waals surface area contributed by atoms with Crippen molar-refractivity contribution in [1.82, 2.24) is 15.6 Å². The second kappa shape index (κ2) is 10.4. The molecule has 4 nitrogen and oxygen atoms in total. The summed E-state index contributed by atoms with van der Waals surface area (Å²) in [5.41, 5.74) is 2.10. The van der Waals surface area contributed by atoms with Crippen molar-refractivity contribution in [1.29, 1.82) is 0 Å². The molecule has 2 N–H and O–H groups in total. The number of nitrogens with one attached hydrogen (secondary N) is 2. The molecule has 0 saturated carbocycles. The number of thiazole rings is 1. The van der Waals surface area contributed by atoms with E-state index in [0.717, 1.165) is 35.2 Å². The topological polar surface area (TPSA) is 49.3 Å². The Morgan fingerprint density at radius 3 is 2.58 bits per heavy atom. The van der Waals surface area contributed by atoms with Crippen molar-refractivity contribution in [3.8, 4) is 0 Å². The average molecular weight is 499 g/mol. The maximum absolute atomic E-state index is 6.17. The van der Waals surface area contributed by atoms with Gasteiger partial charge in [-0.25, -0.2) is 4.98 Å². The molecular weight excluding hydrogens is 478 g/mol. The van der Waals surface area contributed by atoms with Crippen LogP contribution < -0.4 is 10.6 Å². The van der Waals surface area contributed by atoms with Crippen molar-refractivity contribution in [3.63, 3.8) is 0 Å². The van der Waals surface area contributed by atoms with Crippen LogP contribution in [0.25, 0.3) is 0 Å². The summed E-state index contributed by atoms with van der Waals surface area (Å²) in [6.45, 7) is 5.48. The first-order chi connectivity index (χ1) is 11.0. The number of aromatic nitrogens is 1. The Balaban J connectivity index is 0.00000288. The van der Waals surface area contributed by atoms with Gasteiger partial charge in [0.25, 0.3) is 0 Å². The number of hydrogen-bond donors (Lipinski definition) is 2. The fraction of sp³-hybridized carbons (Fsp3) is 0.375. The van der Waals surface area contributed by atoms with Crippen molar-refractivity contribution in [3.05, 3.63) is 49.4 Å². The van der Waals surface area contributed by atoms with Crippen LogP contribution in [0, 0.1) is 13.8 Å². The number of nitrogens with zero attached hydrogens (tertiary/aromatic N) is 2.